The standard InChI is InChI=1S/C33H34O6/c1-32(2,23-6-12-26(35)13-7-23)20-33(3,24-8-14-27(36)15-9-24)19-22(21-4-10-25(34)11-5-21)16-29-30(38)17-28(37)18-31(29)39/h4-15,17-19,34-39H,16,20H2,1-3H3. The number of aromatic hydroxyl groups is 6. The summed E-state index contributed by atoms with van der Waals surface area (Å²) in [5, 5.41) is 60.7. The Morgan fingerprint density at radius 3 is 1.51 bits per heavy atom. The van der Waals surface area contributed by atoms with Gasteiger partial charge in [-0.15, -0.1) is 0 Å². The topological polar surface area (TPSA) is 121 Å². The lowest BCUT2D eigenvalue weighted by atomic mass is 9.66. The van der Waals surface area contributed by atoms with Crippen LogP contribution >= 0.6 is 0 Å². The highest BCUT2D eigenvalue weighted by Gasteiger charge is 2.34. The summed E-state index contributed by atoms with van der Waals surface area (Å²) in [7, 11) is 0. The van der Waals surface area contributed by atoms with E-state index in [-0.39, 0.29) is 51.9 Å². The van der Waals surface area contributed by atoms with Gasteiger partial charge < -0.3 is 30.6 Å². The Morgan fingerprint density at radius 1 is 0.590 bits per heavy atom. The minimum Gasteiger partial charge on any atom is -0.508 e. The van der Waals surface area contributed by atoms with Crippen LogP contribution in [0.5, 0.6) is 34.5 Å². The molecule has 0 saturated carbocycles. The minimum absolute atomic E-state index is 0.114. The third-order valence-corrected chi connectivity index (χ3v) is 7.27. The Hall–Kier alpha value is -4.58. The molecule has 0 saturated heterocycles. The van der Waals surface area contributed by atoms with Gasteiger partial charge in [0.1, 0.15) is 34.5 Å². The Bertz CT molecular complexity index is 1450. The summed E-state index contributed by atoms with van der Waals surface area (Å²) in [5.41, 5.74) is 2.86. The molecular formula is C33H34O6. The molecule has 0 aromatic heterocycles. The Balaban J connectivity index is 1.89. The van der Waals surface area contributed by atoms with E-state index in [1.54, 1.807) is 48.5 Å². The molecule has 0 aliphatic heterocycles. The molecule has 4 rings (SSSR count). The third-order valence-electron chi connectivity index (χ3n) is 7.27. The van der Waals surface area contributed by atoms with Gasteiger partial charge in [-0.2, -0.15) is 0 Å². The summed E-state index contributed by atoms with van der Waals surface area (Å²) < 4.78 is 0. The monoisotopic (exact) mass is 526 g/mol. The number of allylic oxidation sites excluding steroid dienone is 2. The molecule has 6 nitrogen and oxygen atoms in total. The van der Waals surface area contributed by atoms with E-state index >= 15 is 0 Å². The lowest BCUT2D eigenvalue weighted by Crippen LogP contribution is -2.31. The fourth-order valence-electron chi connectivity index (χ4n) is 5.31. The van der Waals surface area contributed by atoms with Crippen LogP contribution in [0.1, 0.15) is 49.4 Å². The van der Waals surface area contributed by atoms with Gasteiger partial charge in [-0.05, 0) is 70.5 Å². The first kappa shape index (κ1) is 27.5. The molecule has 39 heavy (non-hydrogen) atoms. The van der Waals surface area contributed by atoms with E-state index in [0.717, 1.165) is 22.3 Å². The molecule has 0 spiro atoms. The second-order valence-corrected chi connectivity index (χ2v) is 10.9. The highest BCUT2D eigenvalue weighted by molar-refractivity contribution is 5.72. The molecule has 0 fully saturated rings. The van der Waals surface area contributed by atoms with Crippen LogP contribution in [0.3, 0.4) is 0 Å². The first-order valence-electron chi connectivity index (χ1n) is 12.7. The highest BCUT2D eigenvalue weighted by atomic mass is 16.3. The van der Waals surface area contributed by atoms with Gasteiger partial charge in [-0.3, -0.25) is 0 Å². The Morgan fingerprint density at radius 2 is 1.03 bits per heavy atom. The average molecular weight is 527 g/mol. The number of hydrogen-bond acceptors (Lipinski definition) is 6. The van der Waals surface area contributed by atoms with E-state index in [2.05, 4.69) is 26.8 Å². The average Bonchev–Trinajstić information content (AvgIpc) is 2.86. The minimum atomic E-state index is -0.607. The van der Waals surface area contributed by atoms with Crippen LogP contribution in [-0.4, -0.2) is 30.6 Å². The molecule has 4 aromatic carbocycles. The molecular weight excluding hydrogens is 492 g/mol. The molecule has 0 aliphatic rings. The lowest BCUT2D eigenvalue weighted by molar-refractivity contribution is 0.378. The quantitative estimate of drug-likeness (QED) is 0.149. The molecule has 1 atom stereocenters. The maximum atomic E-state index is 10.6. The predicted molar refractivity (Wildman–Crippen MR) is 152 cm³/mol. The van der Waals surface area contributed by atoms with Crippen LogP contribution in [0.4, 0.5) is 0 Å². The Kier molecular flexibility index (Phi) is 7.50. The van der Waals surface area contributed by atoms with Gasteiger partial charge >= 0.3 is 0 Å². The normalized spacial score (nSPS) is 13.7. The van der Waals surface area contributed by atoms with Crippen molar-refractivity contribution in [1.82, 2.24) is 0 Å². The van der Waals surface area contributed by atoms with Crippen molar-refractivity contribution in [1.29, 1.82) is 0 Å². The number of hydrogen-bond donors (Lipinski definition) is 6. The number of phenolic OH excluding ortho intramolecular Hbond substituents is 6. The molecule has 0 heterocycles. The van der Waals surface area contributed by atoms with E-state index in [4.69, 9.17) is 0 Å². The van der Waals surface area contributed by atoms with Crippen molar-refractivity contribution >= 4 is 5.57 Å². The first-order chi connectivity index (χ1) is 18.4. The summed E-state index contributed by atoms with van der Waals surface area (Å²) in [4.78, 5) is 0. The molecule has 0 bridgehead atoms. The molecule has 202 valence electrons. The van der Waals surface area contributed by atoms with Crippen LogP contribution in [0, 0.1) is 0 Å². The zero-order valence-electron chi connectivity index (χ0n) is 22.3. The van der Waals surface area contributed by atoms with E-state index in [0.29, 0.717) is 6.42 Å². The summed E-state index contributed by atoms with van der Waals surface area (Å²) in [5.74, 6) is -0.239. The van der Waals surface area contributed by atoms with Crippen LogP contribution in [-0.2, 0) is 17.3 Å². The largest absolute Gasteiger partial charge is 0.508 e. The van der Waals surface area contributed by atoms with Crippen molar-refractivity contribution < 1.29 is 30.6 Å². The van der Waals surface area contributed by atoms with E-state index in [1.807, 2.05) is 24.3 Å². The van der Waals surface area contributed by atoms with Crippen molar-refractivity contribution in [3.05, 3.63) is 113 Å². The SMILES string of the molecule is CC(C)(CC(C)(C=C(Cc1c(O)cc(O)cc1O)c1ccc(O)cc1)c1ccc(O)cc1)c1ccc(O)cc1. The molecule has 0 aliphatic carbocycles. The van der Waals surface area contributed by atoms with Crippen molar-refractivity contribution in [3.63, 3.8) is 0 Å². The van der Waals surface area contributed by atoms with Gasteiger partial charge in [0.15, 0.2) is 0 Å². The van der Waals surface area contributed by atoms with Crippen LogP contribution < -0.4 is 0 Å². The van der Waals surface area contributed by atoms with E-state index in [1.165, 1.54) is 12.1 Å². The second-order valence-electron chi connectivity index (χ2n) is 10.9. The van der Waals surface area contributed by atoms with Crippen molar-refractivity contribution in [2.24, 2.45) is 0 Å². The van der Waals surface area contributed by atoms with Gasteiger partial charge in [0, 0.05) is 29.5 Å². The number of phenols is 6. The van der Waals surface area contributed by atoms with Gasteiger partial charge in [-0.25, -0.2) is 0 Å². The molecule has 0 radical (unpaired) electrons. The fraction of sp³-hybridized carbons (Fsp3) is 0.212. The van der Waals surface area contributed by atoms with Gasteiger partial charge in [0.2, 0.25) is 0 Å². The molecule has 0 amide bonds. The fourth-order valence-corrected chi connectivity index (χ4v) is 5.31. The highest BCUT2D eigenvalue weighted by Crippen LogP contribution is 2.44. The van der Waals surface area contributed by atoms with Crippen LogP contribution in [0.25, 0.3) is 5.57 Å². The smallest absolute Gasteiger partial charge is 0.126 e. The van der Waals surface area contributed by atoms with E-state index < -0.39 is 5.41 Å². The maximum Gasteiger partial charge on any atom is 0.126 e. The third kappa shape index (κ3) is 6.29. The Labute approximate surface area is 228 Å². The van der Waals surface area contributed by atoms with Gasteiger partial charge in [0.25, 0.3) is 0 Å². The lowest BCUT2D eigenvalue weighted by Gasteiger charge is -2.37. The maximum absolute atomic E-state index is 10.6. The predicted octanol–water partition coefficient (Wildman–Crippen LogP) is 6.87. The summed E-state index contributed by atoms with van der Waals surface area (Å²) >= 11 is 0. The zero-order chi connectivity index (χ0) is 28.4. The second kappa shape index (κ2) is 10.7. The number of benzene rings is 4. The molecule has 4 aromatic rings. The summed E-state index contributed by atoms with van der Waals surface area (Å²) in [6, 6.07) is 23.3. The summed E-state index contributed by atoms with van der Waals surface area (Å²) in [6.45, 7) is 6.35. The van der Waals surface area contributed by atoms with Crippen molar-refractivity contribution in [2.75, 3.05) is 0 Å². The van der Waals surface area contributed by atoms with E-state index in [9.17, 15) is 30.6 Å². The number of rotatable bonds is 8. The molecule has 6 heteroatoms. The van der Waals surface area contributed by atoms with Crippen LogP contribution in [0.2, 0.25) is 0 Å². The van der Waals surface area contributed by atoms with Crippen molar-refractivity contribution in [2.45, 2.75) is 44.4 Å². The molecule has 1 unspecified atom stereocenters. The summed E-state index contributed by atoms with van der Waals surface area (Å²) in [6.07, 6.45) is 2.88. The molecule has 6 N–H and O–H groups in total. The first-order valence-corrected chi connectivity index (χ1v) is 12.7. The van der Waals surface area contributed by atoms with Gasteiger partial charge in [-0.1, -0.05) is 63.2 Å². The van der Waals surface area contributed by atoms with Gasteiger partial charge in [0.05, 0.1) is 0 Å². The van der Waals surface area contributed by atoms with Crippen LogP contribution in [0.15, 0.2) is 91.0 Å². The zero-order valence-corrected chi connectivity index (χ0v) is 22.3. The van der Waals surface area contributed by atoms with Crippen molar-refractivity contribution in [3.8, 4) is 34.5 Å².